The van der Waals surface area contributed by atoms with Crippen molar-refractivity contribution in [3.8, 4) is 0 Å². The third-order valence-electron chi connectivity index (χ3n) is 5.22. The number of carbonyl (C=O) groups excluding carboxylic acids is 2. The van der Waals surface area contributed by atoms with Gasteiger partial charge in [0.1, 0.15) is 0 Å². The molecule has 0 radical (unpaired) electrons. The van der Waals surface area contributed by atoms with Gasteiger partial charge in [-0.05, 0) is 56.4 Å². The van der Waals surface area contributed by atoms with E-state index in [2.05, 4.69) is 17.4 Å². The molecule has 0 aliphatic rings. The first kappa shape index (κ1) is 23.2. The van der Waals surface area contributed by atoms with Crippen molar-refractivity contribution in [2.24, 2.45) is 0 Å². The zero-order chi connectivity index (χ0) is 22.9. The highest BCUT2D eigenvalue weighted by atomic mass is 16.2. The highest BCUT2D eigenvalue weighted by molar-refractivity contribution is 6.06. The van der Waals surface area contributed by atoms with Gasteiger partial charge in [0.25, 0.3) is 5.91 Å². The second kappa shape index (κ2) is 11.3. The first-order valence-electron chi connectivity index (χ1n) is 10.8. The predicted molar refractivity (Wildman–Crippen MR) is 130 cm³/mol. The molecular weight excluding hydrogens is 398 g/mol. The first-order valence-corrected chi connectivity index (χ1v) is 10.8. The van der Waals surface area contributed by atoms with E-state index in [9.17, 15) is 9.59 Å². The van der Waals surface area contributed by atoms with Gasteiger partial charge in [0.05, 0.1) is 13.0 Å². The molecule has 0 aliphatic carbocycles. The lowest BCUT2D eigenvalue weighted by Crippen LogP contribution is -2.32. The average Bonchev–Trinajstić information content (AvgIpc) is 2.79. The predicted octanol–water partition coefficient (Wildman–Crippen LogP) is 4.06. The van der Waals surface area contributed by atoms with Crippen molar-refractivity contribution < 1.29 is 9.59 Å². The third-order valence-corrected chi connectivity index (χ3v) is 5.22. The molecule has 0 spiro atoms. The lowest BCUT2D eigenvalue weighted by molar-refractivity contribution is -0.120. The van der Waals surface area contributed by atoms with Crippen molar-refractivity contribution in [3.63, 3.8) is 0 Å². The number of benzene rings is 3. The Morgan fingerprint density at radius 2 is 1.44 bits per heavy atom. The standard InChI is InChI=1S/C27H31N3O2/c1-21-9-11-23(12-10-21)20-30(27(32)24-7-5-4-6-8-24)25-15-13-22(14-16-25)19-26(31)28-17-18-29(2)3/h4-16H,17-20H2,1-3H3,(H,28,31). The Morgan fingerprint density at radius 3 is 2.06 bits per heavy atom. The Hall–Kier alpha value is -3.44. The zero-order valence-corrected chi connectivity index (χ0v) is 19.0. The molecule has 0 saturated heterocycles. The molecule has 5 heteroatoms. The van der Waals surface area contributed by atoms with Gasteiger partial charge in [0.2, 0.25) is 5.91 Å². The Bertz CT molecular complexity index is 1010. The van der Waals surface area contributed by atoms with E-state index in [1.165, 1.54) is 5.56 Å². The van der Waals surface area contributed by atoms with Crippen LogP contribution in [0.25, 0.3) is 0 Å². The van der Waals surface area contributed by atoms with Gasteiger partial charge in [-0.25, -0.2) is 0 Å². The van der Waals surface area contributed by atoms with E-state index in [1.54, 1.807) is 4.90 Å². The van der Waals surface area contributed by atoms with Gasteiger partial charge < -0.3 is 15.1 Å². The number of nitrogens with one attached hydrogen (secondary N) is 1. The highest BCUT2D eigenvalue weighted by Crippen LogP contribution is 2.21. The summed E-state index contributed by atoms with van der Waals surface area (Å²) in [6.45, 7) is 3.95. The summed E-state index contributed by atoms with van der Waals surface area (Å²) in [4.78, 5) is 29.3. The summed E-state index contributed by atoms with van der Waals surface area (Å²) >= 11 is 0. The lowest BCUT2D eigenvalue weighted by Gasteiger charge is -2.23. The van der Waals surface area contributed by atoms with Crippen molar-refractivity contribution in [2.45, 2.75) is 19.9 Å². The number of aryl methyl sites for hydroxylation is 1. The smallest absolute Gasteiger partial charge is 0.258 e. The summed E-state index contributed by atoms with van der Waals surface area (Å²) in [5, 5.41) is 2.93. The fourth-order valence-corrected chi connectivity index (χ4v) is 3.35. The molecule has 166 valence electrons. The number of hydrogen-bond acceptors (Lipinski definition) is 3. The number of rotatable bonds is 9. The van der Waals surface area contributed by atoms with E-state index in [-0.39, 0.29) is 11.8 Å². The fraction of sp³-hybridized carbons (Fsp3) is 0.259. The third kappa shape index (κ3) is 6.79. The zero-order valence-electron chi connectivity index (χ0n) is 19.0. The fourth-order valence-electron chi connectivity index (χ4n) is 3.35. The van der Waals surface area contributed by atoms with Gasteiger partial charge in [-0.3, -0.25) is 9.59 Å². The van der Waals surface area contributed by atoms with Crippen LogP contribution in [-0.4, -0.2) is 43.9 Å². The second-order valence-corrected chi connectivity index (χ2v) is 8.24. The van der Waals surface area contributed by atoms with Gasteiger partial charge in [0, 0.05) is 24.3 Å². The Kier molecular flexibility index (Phi) is 8.17. The number of anilines is 1. The molecule has 5 nitrogen and oxygen atoms in total. The van der Waals surface area contributed by atoms with Crippen molar-refractivity contribution in [3.05, 3.63) is 101 Å². The molecule has 1 N–H and O–H groups in total. The van der Waals surface area contributed by atoms with E-state index in [0.29, 0.717) is 25.1 Å². The van der Waals surface area contributed by atoms with Gasteiger partial charge >= 0.3 is 0 Å². The molecule has 0 saturated carbocycles. The van der Waals surface area contributed by atoms with E-state index in [4.69, 9.17) is 0 Å². The molecule has 2 amide bonds. The molecule has 0 atom stereocenters. The summed E-state index contributed by atoms with van der Waals surface area (Å²) < 4.78 is 0. The summed E-state index contributed by atoms with van der Waals surface area (Å²) in [7, 11) is 3.95. The topological polar surface area (TPSA) is 52.7 Å². The maximum Gasteiger partial charge on any atom is 0.258 e. The van der Waals surface area contributed by atoms with Crippen LogP contribution < -0.4 is 10.2 Å². The van der Waals surface area contributed by atoms with Crippen LogP contribution in [0, 0.1) is 6.92 Å². The number of nitrogens with zero attached hydrogens (tertiary/aromatic N) is 2. The summed E-state index contributed by atoms with van der Waals surface area (Å²) in [5.74, 6) is -0.0585. The van der Waals surface area contributed by atoms with Crippen molar-refractivity contribution in [2.75, 3.05) is 32.1 Å². The Labute approximate surface area is 190 Å². The summed E-state index contributed by atoms with van der Waals surface area (Å²) in [5.41, 5.74) is 4.60. The molecule has 0 heterocycles. The van der Waals surface area contributed by atoms with Crippen LogP contribution >= 0.6 is 0 Å². The molecule has 3 aromatic rings. The number of likely N-dealkylation sites (N-methyl/N-ethyl adjacent to an activating group) is 1. The molecule has 32 heavy (non-hydrogen) atoms. The maximum atomic E-state index is 13.3. The molecule has 0 fully saturated rings. The molecule has 3 aromatic carbocycles. The van der Waals surface area contributed by atoms with Gasteiger partial charge in [-0.15, -0.1) is 0 Å². The van der Waals surface area contributed by atoms with Crippen LogP contribution in [0.1, 0.15) is 27.0 Å². The summed E-state index contributed by atoms with van der Waals surface area (Å²) in [6.07, 6.45) is 0.318. The summed E-state index contributed by atoms with van der Waals surface area (Å²) in [6, 6.07) is 25.2. The highest BCUT2D eigenvalue weighted by Gasteiger charge is 2.18. The largest absolute Gasteiger partial charge is 0.355 e. The maximum absolute atomic E-state index is 13.3. The van der Waals surface area contributed by atoms with E-state index >= 15 is 0 Å². The van der Waals surface area contributed by atoms with Crippen LogP contribution in [-0.2, 0) is 17.8 Å². The average molecular weight is 430 g/mol. The molecule has 0 bridgehead atoms. The minimum atomic E-state index is -0.0552. The minimum absolute atomic E-state index is 0.00327. The van der Waals surface area contributed by atoms with Gasteiger partial charge in [-0.2, -0.15) is 0 Å². The van der Waals surface area contributed by atoms with Crippen LogP contribution in [0.5, 0.6) is 0 Å². The molecule has 0 aromatic heterocycles. The minimum Gasteiger partial charge on any atom is -0.355 e. The van der Waals surface area contributed by atoms with Crippen LogP contribution in [0.15, 0.2) is 78.9 Å². The van der Waals surface area contributed by atoms with E-state index < -0.39 is 0 Å². The normalized spacial score (nSPS) is 10.8. The Morgan fingerprint density at radius 1 is 0.812 bits per heavy atom. The molecule has 0 unspecified atom stereocenters. The second-order valence-electron chi connectivity index (χ2n) is 8.24. The molecule has 0 aliphatic heterocycles. The van der Waals surface area contributed by atoms with Crippen LogP contribution in [0.3, 0.4) is 0 Å². The molecule has 3 rings (SSSR count). The molecular formula is C27H31N3O2. The monoisotopic (exact) mass is 429 g/mol. The van der Waals surface area contributed by atoms with Crippen molar-refractivity contribution in [1.82, 2.24) is 10.2 Å². The number of amides is 2. The van der Waals surface area contributed by atoms with E-state index in [0.717, 1.165) is 23.4 Å². The Balaban J connectivity index is 1.76. The number of carbonyl (C=O) groups is 2. The van der Waals surface area contributed by atoms with Crippen LogP contribution in [0.2, 0.25) is 0 Å². The number of hydrogen-bond donors (Lipinski definition) is 1. The lowest BCUT2D eigenvalue weighted by atomic mass is 10.1. The van der Waals surface area contributed by atoms with E-state index in [1.807, 2.05) is 92.6 Å². The quantitative estimate of drug-likeness (QED) is 0.558. The first-order chi connectivity index (χ1) is 15.4. The van der Waals surface area contributed by atoms with Crippen LogP contribution in [0.4, 0.5) is 5.69 Å². The van der Waals surface area contributed by atoms with Crippen molar-refractivity contribution >= 4 is 17.5 Å². The SMILES string of the molecule is Cc1ccc(CN(C(=O)c2ccccc2)c2ccc(CC(=O)NCCN(C)C)cc2)cc1. The van der Waals surface area contributed by atoms with Crippen molar-refractivity contribution in [1.29, 1.82) is 0 Å². The van der Waals surface area contributed by atoms with Gasteiger partial charge in [0.15, 0.2) is 0 Å². The van der Waals surface area contributed by atoms with Gasteiger partial charge in [-0.1, -0.05) is 60.2 Å².